The number of nitrogens with one attached hydrogen (secondary N) is 2. The summed E-state index contributed by atoms with van der Waals surface area (Å²) in [5.74, 6) is -0.853. The van der Waals surface area contributed by atoms with E-state index in [1.165, 1.54) is 19.2 Å². The first-order valence-electron chi connectivity index (χ1n) is 9.65. The summed E-state index contributed by atoms with van der Waals surface area (Å²) in [5, 5.41) is 10.6. The third-order valence-corrected chi connectivity index (χ3v) is 8.21. The third kappa shape index (κ3) is 6.09. The maximum atomic E-state index is 13.1. The average Bonchev–Trinajstić information content (AvgIpc) is 3.22. The molecule has 0 aliphatic rings. The van der Waals surface area contributed by atoms with E-state index in [1.54, 1.807) is 25.1 Å². The van der Waals surface area contributed by atoms with E-state index in [0.29, 0.717) is 15.6 Å². The second-order valence-electron chi connectivity index (χ2n) is 7.03. The summed E-state index contributed by atoms with van der Waals surface area (Å²) in [6.45, 7) is 5.40. The number of esters is 1. The second-order valence-corrected chi connectivity index (χ2v) is 10.9. The zero-order chi connectivity index (χ0) is 24.2. The van der Waals surface area contributed by atoms with Gasteiger partial charge in [-0.2, -0.15) is 0 Å². The van der Waals surface area contributed by atoms with Gasteiger partial charge in [-0.15, -0.1) is 10.2 Å². The molecule has 3 aromatic rings. The molecule has 0 saturated carbocycles. The molecular weight excluding hydrogens is 484 g/mol. The van der Waals surface area contributed by atoms with E-state index < -0.39 is 21.9 Å². The van der Waals surface area contributed by atoms with Crippen LogP contribution in [0.1, 0.15) is 27.0 Å². The largest absolute Gasteiger partial charge is 0.468 e. The van der Waals surface area contributed by atoms with Crippen LogP contribution in [0.25, 0.3) is 0 Å². The van der Waals surface area contributed by atoms with E-state index in [-0.39, 0.29) is 21.3 Å². The van der Waals surface area contributed by atoms with Gasteiger partial charge >= 0.3 is 5.97 Å². The number of aryl methyl sites for hydroxylation is 2. The Morgan fingerprint density at radius 2 is 1.85 bits per heavy atom. The number of ether oxygens (including phenoxy) is 1. The topological polar surface area (TPSA) is 127 Å². The number of carbonyl (C=O) groups is 2. The van der Waals surface area contributed by atoms with Gasteiger partial charge in [0.2, 0.25) is 5.13 Å². The monoisotopic (exact) mass is 506 g/mol. The molecule has 1 aromatic heterocycles. The second kappa shape index (κ2) is 10.3. The maximum Gasteiger partial charge on any atom is 0.316 e. The van der Waals surface area contributed by atoms with E-state index in [0.717, 1.165) is 34.2 Å². The fourth-order valence-corrected chi connectivity index (χ4v) is 5.73. The van der Waals surface area contributed by atoms with E-state index in [4.69, 9.17) is 0 Å². The molecule has 0 unspecified atom stereocenters. The summed E-state index contributed by atoms with van der Waals surface area (Å²) in [6.07, 6.45) is 0. The lowest BCUT2D eigenvalue weighted by atomic mass is 10.1. The zero-order valence-electron chi connectivity index (χ0n) is 18.3. The summed E-state index contributed by atoms with van der Waals surface area (Å²) in [4.78, 5) is 24.0. The van der Waals surface area contributed by atoms with Gasteiger partial charge in [0.1, 0.15) is 0 Å². The number of rotatable bonds is 8. The van der Waals surface area contributed by atoms with Gasteiger partial charge in [-0.3, -0.25) is 19.6 Å². The highest BCUT2D eigenvalue weighted by Gasteiger charge is 2.21. The molecule has 0 radical (unpaired) electrons. The molecular formula is C21H22N4O5S3. The number of methoxy groups -OCH3 is 1. The van der Waals surface area contributed by atoms with Crippen molar-refractivity contribution >= 4 is 55.8 Å². The Morgan fingerprint density at radius 1 is 1.09 bits per heavy atom. The molecule has 2 aromatic carbocycles. The Labute approximate surface area is 200 Å². The fourth-order valence-electron chi connectivity index (χ4n) is 2.76. The minimum absolute atomic E-state index is 0.00245. The molecule has 0 bridgehead atoms. The quantitative estimate of drug-likeness (QED) is 0.268. The van der Waals surface area contributed by atoms with Crippen molar-refractivity contribution in [1.29, 1.82) is 0 Å². The molecule has 0 spiro atoms. The van der Waals surface area contributed by atoms with Gasteiger partial charge in [0, 0.05) is 5.56 Å². The van der Waals surface area contributed by atoms with Crippen LogP contribution in [0.15, 0.2) is 45.6 Å². The molecule has 0 aliphatic carbocycles. The molecule has 0 atom stereocenters. The van der Waals surface area contributed by atoms with Crippen LogP contribution in [0.3, 0.4) is 0 Å². The van der Waals surface area contributed by atoms with Crippen LogP contribution in [0, 0.1) is 20.8 Å². The van der Waals surface area contributed by atoms with Crippen molar-refractivity contribution in [1.82, 2.24) is 10.2 Å². The van der Waals surface area contributed by atoms with E-state index >= 15 is 0 Å². The van der Waals surface area contributed by atoms with Crippen molar-refractivity contribution < 1.29 is 22.7 Å². The SMILES string of the molecule is COC(=O)CSc1nnc(NC(=O)c2ccc(C)c(S(=O)(=O)Nc3cccc(C)c3C)c2)s1. The van der Waals surface area contributed by atoms with Crippen LogP contribution in [0.4, 0.5) is 10.8 Å². The number of aromatic nitrogens is 2. The number of amides is 1. The lowest BCUT2D eigenvalue weighted by Gasteiger charge is -2.14. The first-order valence-corrected chi connectivity index (χ1v) is 12.9. The van der Waals surface area contributed by atoms with Gasteiger partial charge in [0.25, 0.3) is 15.9 Å². The molecule has 0 fully saturated rings. The van der Waals surface area contributed by atoms with Gasteiger partial charge in [0.05, 0.1) is 23.4 Å². The van der Waals surface area contributed by atoms with Crippen LogP contribution >= 0.6 is 23.1 Å². The third-order valence-electron chi connectivity index (χ3n) is 4.76. The summed E-state index contributed by atoms with van der Waals surface area (Å²) in [6, 6.07) is 9.80. The van der Waals surface area contributed by atoms with Gasteiger partial charge in [-0.05, 0) is 55.7 Å². The summed E-state index contributed by atoms with van der Waals surface area (Å²) in [7, 11) is -2.63. The Kier molecular flexibility index (Phi) is 7.72. The molecule has 33 heavy (non-hydrogen) atoms. The normalized spacial score (nSPS) is 11.2. The van der Waals surface area contributed by atoms with E-state index in [1.807, 2.05) is 19.9 Å². The predicted molar refractivity (Wildman–Crippen MR) is 129 cm³/mol. The molecule has 12 heteroatoms. The van der Waals surface area contributed by atoms with Crippen LogP contribution in [-0.2, 0) is 19.6 Å². The van der Waals surface area contributed by atoms with Crippen molar-refractivity contribution in [3.63, 3.8) is 0 Å². The van der Waals surface area contributed by atoms with Crippen LogP contribution in [-0.4, -0.2) is 43.4 Å². The lowest BCUT2D eigenvalue weighted by molar-refractivity contribution is -0.137. The first kappa shape index (κ1) is 24.7. The summed E-state index contributed by atoms with van der Waals surface area (Å²) >= 11 is 2.24. The Hall–Kier alpha value is -2.96. The van der Waals surface area contributed by atoms with Crippen molar-refractivity contribution in [2.75, 3.05) is 22.9 Å². The average molecular weight is 507 g/mol. The number of hydrogen-bond donors (Lipinski definition) is 2. The molecule has 0 saturated heterocycles. The first-order chi connectivity index (χ1) is 15.6. The van der Waals surface area contributed by atoms with Crippen LogP contribution in [0.2, 0.25) is 0 Å². The number of benzene rings is 2. The smallest absolute Gasteiger partial charge is 0.316 e. The molecule has 1 amide bonds. The predicted octanol–water partition coefficient (Wildman–Crippen LogP) is 3.78. The van der Waals surface area contributed by atoms with Gasteiger partial charge < -0.3 is 4.74 Å². The minimum atomic E-state index is -3.93. The van der Waals surface area contributed by atoms with E-state index in [9.17, 15) is 18.0 Å². The Morgan fingerprint density at radius 3 is 2.58 bits per heavy atom. The van der Waals surface area contributed by atoms with Crippen molar-refractivity contribution in [3.8, 4) is 0 Å². The molecule has 1 heterocycles. The van der Waals surface area contributed by atoms with Crippen LogP contribution in [0.5, 0.6) is 0 Å². The highest BCUT2D eigenvalue weighted by Crippen LogP contribution is 2.27. The fraction of sp³-hybridized carbons (Fsp3) is 0.238. The minimum Gasteiger partial charge on any atom is -0.468 e. The van der Waals surface area contributed by atoms with Gasteiger partial charge in [-0.1, -0.05) is 41.3 Å². The maximum absolute atomic E-state index is 13.1. The molecule has 174 valence electrons. The Balaban J connectivity index is 1.78. The number of thioether (sulfide) groups is 1. The molecule has 0 aliphatic heterocycles. The lowest BCUT2D eigenvalue weighted by Crippen LogP contribution is -2.17. The summed E-state index contributed by atoms with van der Waals surface area (Å²) < 4.78 is 33.8. The van der Waals surface area contributed by atoms with Crippen LogP contribution < -0.4 is 10.0 Å². The van der Waals surface area contributed by atoms with Crippen molar-refractivity contribution in [2.45, 2.75) is 30.0 Å². The number of anilines is 2. The van der Waals surface area contributed by atoms with E-state index in [2.05, 4.69) is 25.0 Å². The highest BCUT2D eigenvalue weighted by molar-refractivity contribution is 8.01. The Bertz CT molecular complexity index is 1300. The molecule has 2 N–H and O–H groups in total. The number of hydrogen-bond acceptors (Lipinski definition) is 9. The molecule has 9 nitrogen and oxygen atoms in total. The summed E-state index contributed by atoms with van der Waals surface area (Å²) in [5.41, 5.74) is 2.92. The van der Waals surface area contributed by atoms with Gasteiger partial charge in [-0.25, -0.2) is 8.42 Å². The number of sulfonamides is 1. The standard InChI is InChI=1S/C21H22N4O5S3/c1-12-6-5-7-16(14(12)3)25-33(28,29)17-10-15(9-8-13(17)2)19(27)22-20-23-24-21(32-20)31-11-18(26)30-4/h5-10,25H,11H2,1-4H3,(H,22,23,27). The number of carbonyl (C=O) groups excluding carboxylic acids is 2. The van der Waals surface area contributed by atoms with Gasteiger partial charge in [0.15, 0.2) is 4.34 Å². The van der Waals surface area contributed by atoms with Crippen molar-refractivity contribution in [3.05, 3.63) is 58.7 Å². The molecule has 3 rings (SSSR count). The zero-order valence-corrected chi connectivity index (χ0v) is 20.8. The highest BCUT2D eigenvalue weighted by atomic mass is 32.2. The van der Waals surface area contributed by atoms with Crippen molar-refractivity contribution in [2.24, 2.45) is 0 Å². The number of nitrogens with zero attached hydrogens (tertiary/aromatic N) is 2.